The molecule has 1 N–H and O–H groups in total. The van der Waals surface area contributed by atoms with Gasteiger partial charge in [0.2, 0.25) is 0 Å². The molecule has 0 bridgehead atoms. The summed E-state index contributed by atoms with van der Waals surface area (Å²) in [7, 11) is 0. The average Bonchev–Trinajstić information content (AvgIpc) is 2.65. The smallest absolute Gasteiger partial charge is 0.252 e. The predicted molar refractivity (Wildman–Crippen MR) is 109 cm³/mol. The molecule has 3 rings (SSSR count). The number of nitrogens with one attached hydrogen (secondary N) is 1. The molecule has 1 heterocycles. The summed E-state index contributed by atoms with van der Waals surface area (Å²) in [6, 6.07) is 12.7. The van der Waals surface area contributed by atoms with Crippen LogP contribution in [0.25, 0.3) is 0 Å². The van der Waals surface area contributed by atoms with E-state index in [-0.39, 0.29) is 11.9 Å². The molecule has 0 aromatic heterocycles. The van der Waals surface area contributed by atoms with E-state index in [0.29, 0.717) is 0 Å². The molecule has 26 heavy (non-hydrogen) atoms. The summed E-state index contributed by atoms with van der Waals surface area (Å²) in [6.45, 7) is 10.5. The van der Waals surface area contributed by atoms with Crippen molar-refractivity contribution in [2.75, 3.05) is 18.0 Å². The van der Waals surface area contributed by atoms with Crippen molar-refractivity contribution >= 4 is 11.6 Å². The number of amides is 1. The fourth-order valence-corrected chi connectivity index (χ4v) is 3.69. The van der Waals surface area contributed by atoms with Crippen LogP contribution in [0, 0.1) is 20.8 Å². The lowest BCUT2D eigenvalue weighted by atomic mass is 9.99. The van der Waals surface area contributed by atoms with E-state index in [1.807, 2.05) is 26.8 Å². The van der Waals surface area contributed by atoms with E-state index in [2.05, 4.69) is 47.5 Å². The molecule has 3 nitrogen and oxygen atoms in total. The highest BCUT2D eigenvalue weighted by Gasteiger charge is 2.15. The lowest BCUT2D eigenvalue weighted by molar-refractivity contribution is 0.0939. The van der Waals surface area contributed by atoms with Crippen LogP contribution in [-0.4, -0.2) is 19.0 Å². The van der Waals surface area contributed by atoms with Gasteiger partial charge in [0.25, 0.3) is 5.91 Å². The van der Waals surface area contributed by atoms with Crippen LogP contribution in [0.15, 0.2) is 36.4 Å². The molecule has 138 valence electrons. The number of piperidine rings is 1. The van der Waals surface area contributed by atoms with Crippen molar-refractivity contribution in [2.45, 2.75) is 53.0 Å². The third-order valence-electron chi connectivity index (χ3n) is 5.55. The van der Waals surface area contributed by atoms with Gasteiger partial charge in [0, 0.05) is 24.3 Å². The number of hydrogen-bond donors (Lipinski definition) is 1. The summed E-state index contributed by atoms with van der Waals surface area (Å²) in [5.74, 6) is -0.00166. The van der Waals surface area contributed by atoms with E-state index < -0.39 is 0 Å². The molecule has 0 aliphatic carbocycles. The minimum absolute atomic E-state index is 0.00166. The fourth-order valence-electron chi connectivity index (χ4n) is 3.69. The molecule has 0 saturated carbocycles. The Morgan fingerprint density at radius 1 is 0.923 bits per heavy atom. The second-order valence-electron chi connectivity index (χ2n) is 7.59. The van der Waals surface area contributed by atoms with E-state index in [1.165, 1.54) is 30.5 Å². The van der Waals surface area contributed by atoms with Crippen LogP contribution in [0.3, 0.4) is 0 Å². The molecular formula is C23H30N2O. The van der Waals surface area contributed by atoms with Gasteiger partial charge in [-0.15, -0.1) is 0 Å². The Balaban J connectivity index is 1.68. The maximum atomic E-state index is 12.7. The van der Waals surface area contributed by atoms with Crippen molar-refractivity contribution in [3.63, 3.8) is 0 Å². The van der Waals surface area contributed by atoms with Crippen molar-refractivity contribution < 1.29 is 4.79 Å². The molecule has 0 unspecified atom stereocenters. The van der Waals surface area contributed by atoms with Gasteiger partial charge in [0.15, 0.2) is 0 Å². The van der Waals surface area contributed by atoms with Crippen molar-refractivity contribution in [2.24, 2.45) is 0 Å². The van der Waals surface area contributed by atoms with Crippen LogP contribution in [0.4, 0.5) is 5.69 Å². The van der Waals surface area contributed by atoms with Crippen molar-refractivity contribution in [1.29, 1.82) is 0 Å². The summed E-state index contributed by atoms with van der Waals surface area (Å²) in [6.07, 6.45) is 3.91. The molecule has 1 fully saturated rings. The number of carbonyl (C=O) groups is 1. The molecule has 2 aromatic carbocycles. The Hall–Kier alpha value is -2.29. The molecule has 1 amide bonds. The van der Waals surface area contributed by atoms with Gasteiger partial charge >= 0.3 is 0 Å². The summed E-state index contributed by atoms with van der Waals surface area (Å²) in [4.78, 5) is 15.2. The third kappa shape index (κ3) is 4.09. The van der Waals surface area contributed by atoms with Crippen LogP contribution in [0.1, 0.15) is 64.8 Å². The summed E-state index contributed by atoms with van der Waals surface area (Å²) < 4.78 is 0. The highest BCUT2D eigenvalue weighted by molar-refractivity contribution is 5.96. The fraction of sp³-hybridized carbons (Fsp3) is 0.435. The molecule has 1 aliphatic heterocycles. The minimum atomic E-state index is -0.0149. The van der Waals surface area contributed by atoms with Crippen LogP contribution in [0.5, 0.6) is 0 Å². The first kappa shape index (κ1) is 18.5. The summed E-state index contributed by atoms with van der Waals surface area (Å²) in [5.41, 5.74) is 6.60. The zero-order valence-electron chi connectivity index (χ0n) is 16.4. The van der Waals surface area contributed by atoms with E-state index in [1.54, 1.807) is 0 Å². The van der Waals surface area contributed by atoms with Gasteiger partial charge in [0.05, 0.1) is 6.04 Å². The van der Waals surface area contributed by atoms with Crippen LogP contribution >= 0.6 is 0 Å². The molecule has 1 aliphatic rings. The van der Waals surface area contributed by atoms with E-state index >= 15 is 0 Å². The number of carbonyl (C=O) groups excluding carboxylic acids is 1. The minimum Gasteiger partial charge on any atom is -0.372 e. The maximum Gasteiger partial charge on any atom is 0.252 e. The molecule has 1 atom stereocenters. The second-order valence-corrected chi connectivity index (χ2v) is 7.59. The van der Waals surface area contributed by atoms with Gasteiger partial charge in [-0.1, -0.05) is 18.2 Å². The molecule has 2 aromatic rings. The third-order valence-corrected chi connectivity index (χ3v) is 5.55. The molecule has 0 radical (unpaired) electrons. The van der Waals surface area contributed by atoms with E-state index in [9.17, 15) is 4.79 Å². The van der Waals surface area contributed by atoms with Crippen LogP contribution in [0.2, 0.25) is 0 Å². The van der Waals surface area contributed by atoms with Gasteiger partial charge in [-0.2, -0.15) is 0 Å². The average molecular weight is 351 g/mol. The maximum absolute atomic E-state index is 12.7. The zero-order valence-corrected chi connectivity index (χ0v) is 16.4. The Morgan fingerprint density at radius 2 is 1.54 bits per heavy atom. The summed E-state index contributed by atoms with van der Waals surface area (Å²) >= 11 is 0. The quantitative estimate of drug-likeness (QED) is 0.832. The largest absolute Gasteiger partial charge is 0.372 e. The van der Waals surface area contributed by atoms with Crippen molar-refractivity contribution in [1.82, 2.24) is 5.32 Å². The Labute approximate surface area is 157 Å². The number of rotatable bonds is 4. The number of hydrogen-bond acceptors (Lipinski definition) is 2. The molecule has 0 spiro atoms. The first-order valence-corrected chi connectivity index (χ1v) is 9.69. The van der Waals surface area contributed by atoms with Gasteiger partial charge in [-0.25, -0.2) is 0 Å². The van der Waals surface area contributed by atoms with Crippen molar-refractivity contribution in [3.8, 4) is 0 Å². The van der Waals surface area contributed by atoms with Crippen LogP contribution in [-0.2, 0) is 0 Å². The second kappa shape index (κ2) is 7.94. The van der Waals surface area contributed by atoms with Crippen molar-refractivity contribution in [3.05, 3.63) is 64.2 Å². The lowest BCUT2D eigenvalue weighted by Gasteiger charge is -2.29. The summed E-state index contributed by atoms with van der Waals surface area (Å²) in [5, 5.41) is 3.15. The molecule has 3 heteroatoms. The predicted octanol–water partition coefficient (Wildman–Crippen LogP) is 5.09. The van der Waals surface area contributed by atoms with Gasteiger partial charge < -0.3 is 10.2 Å². The number of aryl methyl sites for hydroxylation is 3. The molecular weight excluding hydrogens is 320 g/mol. The van der Waals surface area contributed by atoms with E-state index in [0.717, 1.165) is 35.3 Å². The first-order valence-electron chi connectivity index (χ1n) is 9.69. The van der Waals surface area contributed by atoms with Gasteiger partial charge in [0.1, 0.15) is 0 Å². The zero-order chi connectivity index (χ0) is 18.7. The Kier molecular flexibility index (Phi) is 5.65. The van der Waals surface area contributed by atoms with Crippen LogP contribution < -0.4 is 10.2 Å². The van der Waals surface area contributed by atoms with E-state index in [4.69, 9.17) is 0 Å². The topological polar surface area (TPSA) is 32.3 Å². The highest BCUT2D eigenvalue weighted by Crippen LogP contribution is 2.23. The SMILES string of the molecule is Cc1cc(C)c(C(=O)N[C@H](C)c2ccc(N3CCCCC3)cc2)cc1C. The number of anilines is 1. The Bertz CT molecular complexity index is 774. The lowest BCUT2D eigenvalue weighted by Crippen LogP contribution is -2.29. The Morgan fingerprint density at radius 3 is 2.19 bits per heavy atom. The van der Waals surface area contributed by atoms with Gasteiger partial charge in [-0.05, 0) is 87.4 Å². The highest BCUT2D eigenvalue weighted by atomic mass is 16.1. The first-order chi connectivity index (χ1) is 12.5. The van der Waals surface area contributed by atoms with Gasteiger partial charge in [-0.3, -0.25) is 4.79 Å². The molecule has 1 saturated heterocycles. The standard InChI is InChI=1S/C23H30N2O/c1-16-14-18(3)22(15-17(16)2)23(26)24-19(4)20-8-10-21(11-9-20)25-12-6-5-7-13-25/h8-11,14-15,19H,5-7,12-13H2,1-4H3,(H,24,26)/t19-/m1/s1. The normalized spacial score (nSPS) is 15.6. The number of nitrogens with zero attached hydrogens (tertiary/aromatic N) is 1. The number of benzene rings is 2. The monoisotopic (exact) mass is 350 g/mol.